The lowest BCUT2D eigenvalue weighted by Gasteiger charge is -2.15. The molecule has 0 aromatic heterocycles. The number of hydrogen-bond acceptors (Lipinski definition) is 3. The number of rotatable bonds is 5. The summed E-state index contributed by atoms with van der Waals surface area (Å²) in [7, 11) is 0. The molecule has 5 amide bonds. The van der Waals surface area contributed by atoms with Crippen molar-refractivity contribution in [3.63, 3.8) is 0 Å². The second-order valence-electron chi connectivity index (χ2n) is 5.06. The fourth-order valence-corrected chi connectivity index (χ4v) is 2.07. The van der Waals surface area contributed by atoms with Crippen LogP contribution in [-0.2, 0) is 4.79 Å². The second-order valence-corrected chi connectivity index (χ2v) is 5.06. The molecule has 120 valence electrons. The molecule has 0 aliphatic carbocycles. The molecule has 1 unspecified atom stereocenters. The summed E-state index contributed by atoms with van der Waals surface area (Å²) >= 11 is 0. The Morgan fingerprint density at radius 1 is 0.955 bits per heavy atom. The van der Waals surface area contributed by atoms with Gasteiger partial charge in [0.25, 0.3) is 0 Å². The number of carbonyl (C=O) groups excluding carboxylic acids is 3. The van der Waals surface area contributed by atoms with Gasteiger partial charge in [-0.2, -0.15) is 0 Å². The van der Waals surface area contributed by atoms with Crippen LogP contribution >= 0.6 is 0 Å². The highest BCUT2D eigenvalue weighted by atomic mass is 16.2. The maximum atomic E-state index is 11.7. The predicted octanol–water partition coefficient (Wildman–Crippen LogP) is 2.72. The highest BCUT2D eigenvalue weighted by molar-refractivity contribution is 6.02. The first kappa shape index (κ1) is 17.7. The smallest absolute Gasteiger partial charge is 0.329 e. The molecule has 0 spiro atoms. The second kappa shape index (κ2) is 8.81. The Hall–Kier alpha value is -2.37. The first-order valence-electron chi connectivity index (χ1n) is 7.45. The van der Waals surface area contributed by atoms with E-state index in [9.17, 15) is 14.4 Å². The molecule has 0 saturated heterocycles. The Morgan fingerprint density at radius 2 is 1.55 bits per heavy atom. The molecule has 1 rings (SSSR count). The van der Waals surface area contributed by atoms with E-state index in [2.05, 4.69) is 16.0 Å². The fourth-order valence-electron chi connectivity index (χ4n) is 2.07. The summed E-state index contributed by atoms with van der Waals surface area (Å²) < 4.78 is 0. The minimum atomic E-state index is -0.810. The molecule has 6 nitrogen and oxygen atoms in total. The minimum Gasteiger partial charge on any atom is -0.331 e. The van der Waals surface area contributed by atoms with E-state index in [-0.39, 0.29) is 17.9 Å². The van der Waals surface area contributed by atoms with Gasteiger partial charge in [-0.3, -0.25) is 15.4 Å². The van der Waals surface area contributed by atoms with Crippen molar-refractivity contribution in [1.29, 1.82) is 0 Å². The Kier molecular flexibility index (Phi) is 7.08. The molecule has 0 fully saturated rings. The van der Waals surface area contributed by atoms with Crippen LogP contribution in [0.5, 0.6) is 0 Å². The molecule has 1 atom stereocenters. The summed E-state index contributed by atoms with van der Waals surface area (Å²) in [6.45, 7) is 5.56. The molecular formula is C16H23N3O3. The van der Waals surface area contributed by atoms with Crippen LogP contribution in [0.4, 0.5) is 9.59 Å². The van der Waals surface area contributed by atoms with Gasteiger partial charge in [-0.05, 0) is 25.3 Å². The van der Waals surface area contributed by atoms with Gasteiger partial charge in [-0.1, -0.05) is 44.2 Å². The van der Waals surface area contributed by atoms with Gasteiger partial charge in [0.15, 0.2) is 0 Å². The van der Waals surface area contributed by atoms with E-state index in [0.29, 0.717) is 12.8 Å². The first-order valence-corrected chi connectivity index (χ1v) is 7.45. The van der Waals surface area contributed by atoms with Gasteiger partial charge in [0.1, 0.15) is 0 Å². The third kappa shape index (κ3) is 5.55. The van der Waals surface area contributed by atoms with E-state index in [1.54, 1.807) is 0 Å². The number of benzene rings is 1. The van der Waals surface area contributed by atoms with Crippen LogP contribution in [0.2, 0.25) is 0 Å². The Morgan fingerprint density at radius 3 is 2.09 bits per heavy atom. The van der Waals surface area contributed by atoms with Crippen molar-refractivity contribution in [2.75, 3.05) is 0 Å². The van der Waals surface area contributed by atoms with E-state index in [1.165, 1.54) is 0 Å². The zero-order valence-electron chi connectivity index (χ0n) is 13.2. The molecule has 22 heavy (non-hydrogen) atoms. The number of imide groups is 2. The zero-order chi connectivity index (χ0) is 16.5. The van der Waals surface area contributed by atoms with Crippen molar-refractivity contribution < 1.29 is 14.4 Å². The molecule has 1 aromatic rings. The summed E-state index contributed by atoms with van der Waals surface area (Å²) in [4.78, 5) is 35.1. The highest BCUT2D eigenvalue weighted by Crippen LogP contribution is 2.10. The molecule has 0 bridgehead atoms. The van der Waals surface area contributed by atoms with E-state index >= 15 is 0 Å². The van der Waals surface area contributed by atoms with Crippen molar-refractivity contribution in [3.05, 3.63) is 35.9 Å². The quantitative estimate of drug-likeness (QED) is 0.781. The Balaban J connectivity index is 2.44. The van der Waals surface area contributed by atoms with Crippen LogP contribution in [0.3, 0.4) is 0 Å². The summed E-state index contributed by atoms with van der Waals surface area (Å²) in [5.74, 6) is -0.594. The SMILES string of the molecule is CCC(CC)C(=O)NC(=O)NC(=O)NC(C)c1ccccc1. The highest BCUT2D eigenvalue weighted by Gasteiger charge is 2.18. The van der Waals surface area contributed by atoms with Crippen LogP contribution in [-0.4, -0.2) is 18.0 Å². The fraction of sp³-hybridized carbons (Fsp3) is 0.438. The lowest BCUT2D eigenvalue weighted by Crippen LogP contribution is -2.48. The van der Waals surface area contributed by atoms with Crippen molar-refractivity contribution in [2.45, 2.75) is 39.7 Å². The maximum Gasteiger partial charge on any atom is 0.329 e. The van der Waals surface area contributed by atoms with Crippen molar-refractivity contribution >= 4 is 18.0 Å². The molecule has 6 heteroatoms. The number of urea groups is 2. The molecule has 0 aliphatic heterocycles. The third-order valence-electron chi connectivity index (χ3n) is 3.47. The van der Waals surface area contributed by atoms with Gasteiger partial charge in [0.05, 0.1) is 6.04 Å². The molecule has 0 saturated carbocycles. The Labute approximate surface area is 130 Å². The lowest BCUT2D eigenvalue weighted by atomic mass is 10.0. The van der Waals surface area contributed by atoms with Crippen LogP contribution < -0.4 is 16.0 Å². The van der Waals surface area contributed by atoms with Gasteiger partial charge in [0.2, 0.25) is 5.91 Å². The average molecular weight is 305 g/mol. The molecule has 0 heterocycles. The molecule has 0 aliphatic rings. The van der Waals surface area contributed by atoms with Crippen molar-refractivity contribution in [2.24, 2.45) is 5.92 Å². The van der Waals surface area contributed by atoms with Gasteiger partial charge in [0, 0.05) is 5.92 Å². The van der Waals surface area contributed by atoms with E-state index < -0.39 is 12.1 Å². The number of nitrogens with one attached hydrogen (secondary N) is 3. The third-order valence-corrected chi connectivity index (χ3v) is 3.47. The minimum absolute atomic E-state index is 0.225. The number of amides is 5. The lowest BCUT2D eigenvalue weighted by molar-refractivity contribution is -0.124. The molecule has 0 radical (unpaired) electrons. The van der Waals surface area contributed by atoms with E-state index in [0.717, 1.165) is 5.56 Å². The summed E-state index contributed by atoms with van der Waals surface area (Å²) in [5.41, 5.74) is 0.922. The largest absolute Gasteiger partial charge is 0.331 e. The normalized spacial score (nSPS) is 11.6. The summed E-state index contributed by atoms with van der Waals surface area (Å²) in [6, 6.07) is 7.67. The van der Waals surface area contributed by atoms with Crippen LogP contribution in [0, 0.1) is 5.92 Å². The van der Waals surface area contributed by atoms with E-state index in [4.69, 9.17) is 0 Å². The van der Waals surface area contributed by atoms with E-state index in [1.807, 2.05) is 51.1 Å². The zero-order valence-corrected chi connectivity index (χ0v) is 13.2. The molecule has 3 N–H and O–H groups in total. The topological polar surface area (TPSA) is 87.3 Å². The molecule has 1 aromatic carbocycles. The predicted molar refractivity (Wildman–Crippen MR) is 84.1 cm³/mol. The van der Waals surface area contributed by atoms with Gasteiger partial charge in [-0.15, -0.1) is 0 Å². The van der Waals surface area contributed by atoms with Gasteiger partial charge in [-0.25, -0.2) is 9.59 Å². The summed E-state index contributed by atoms with van der Waals surface area (Å²) in [5, 5.41) is 6.90. The first-order chi connectivity index (χ1) is 10.5. The number of hydrogen-bond donors (Lipinski definition) is 3. The van der Waals surface area contributed by atoms with Crippen LogP contribution in [0.25, 0.3) is 0 Å². The average Bonchev–Trinajstić information content (AvgIpc) is 2.48. The monoisotopic (exact) mass is 305 g/mol. The van der Waals surface area contributed by atoms with Crippen LogP contribution in [0.15, 0.2) is 30.3 Å². The van der Waals surface area contributed by atoms with Crippen molar-refractivity contribution in [3.8, 4) is 0 Å². The Bertz CT molecular complexity index is 513. The summed E-state index contributed by atoms with van der Waals surface area (Å²) in [6.07, 6.45) is 1.29. The van der Waals surface area contributed by atoms with Crippen LogP contribution in [0.1, 0.15) is 45.2 Å². The number of carbonyl (C=O) groups is 3. The van der Waals surface area contributed by atoms with Gasteiger partial charge < -0.3 is 5.32 Å². The standard InChI is InChI=1S/C16H23N3O3/c1-4-12(5-2)14(20)18-16(22)19-15(21)17-11(3)13-9-7-6-8-10-13/h6-12H,4-5H2,1-3H3,(H3,17,18,19,20,21,22). The van der Waals surface area contributed by atoms with Crippen molar-refractivity contribution in [1.82, 2.24) is 16.0 Å². The maximum absolute atomic E-state index is 11.7. The molecular weight excluding hydrogens is 282 g/mol. The van der Waals surface area contributed by atoms with Gasteiger partial charge >= 0.3 is 12.1 Å².